The van der Waals surface area contributed by atoms with Crippen LogP contribution >= 0.6 is 0 Å². The van der Waals surface area contributed by atoms with E-state index in [1.54, 1.807) is 14.2 Å². The number of methoxy groups -OCH3 is 1. The van der Waals surface area contributed by atoms with E-state index < -0.39 is 0 Å². The zero-order valence-electron chi connectivity index (χ0n) is 14.8. The minimum absolute atomic E-state index is 0.447. The molecule has 0 saturated carbocycles. The second kappa shape index (κ2) is 8.24. The van der Waals surface area contributed by atoms with E-state index in [0.29, 0.717) is 36.5 Å². The van der Waals surface area contributed by atoms with Gasteiger partial charge in [0.1, 0.15) is 5.76 Å². The van der Waals surface area contributed by atoms with Crippen molar-refractivity contribution in [2.75, 3.05) is 26.1 Å². The average Bonchev–Trinajstić information content (AvgIpc) is 2.90. The van der Waals surface area contributed by atoms with Crippen LogP contribution in [0.15, 0.2) is 27.6 Å². The molecule has 0 fully saturated rings. The third-order valence-corrected chi connectivity index (χ3v) is 3.43. The second-order valence-electron chi connectivity index (χ2n) is 5.10. The van der Waals surface area contributed by atoms with Gasteiger partial charge in [0, 0.05) is 18.8 Å². The van der Waals surface area contributed by atoms with Crippen LogP contribution in [0.2, 0.25) is 0 Å². The molecule has 7 heteroatoms. The zero-order valence-corrected chi connectivity index (χ0v) is 14.8. The van der Waals surface area contributed by atoms with Crippen LogP contribution in [0.3, 0.4) is 0 Å². The van der Waals surface area contributed by atoms with Crippen molar-refractivity contribution in [1.29, 1.82) is 0 Å². The molecule has 0 aliphatic heterocycles. The number of anilines is 1. The van der Waals surface area contributed by atoms with Crippen LogP contribution < -0.4 is 20.1 Å². The predicted octanol–water partition coefficient (Wildman–Crippen LogP) is 2.89. The molecule has 7 nitrogen and oxygen atoms in total. The van der Waals surface area contributed by atoms with Crippen molar-refractivity contribution in [2.45, 2.75) is 27.3 Å². The first-order valence-corrected chi connectivity index (χ1v) is 7.78. The number of rotatable bonds is 6. The molecule has 0 aliphatic carbocycles. The normalized spacial score (nSPS) is 11.3. The summed E-state index contributed by atoms with van der Waals surface area (Å²) in [4.78, 5) is 8.53. The van der Waals surface area contributed by atoms with Gasteiger partial charge in [-0.2, -0.15) is 0 Å². The van der Waals surface area contributed by atoms with E-state index in [1.165, 1.54) is 0 Å². The third kappa shape index (κ3) is 4.41. The lowest BCUT2D eigenvalue weighted by molar-refractivity contribution is 0.311. The standard InChI is InChI=1S/C17H24N4O3/c1-6-23-15-9-13(7-8-14(15)22-5)21-17(18-4)19-10-16-20-11(2)12(3)24-16/h7-9H,6,10H2,1-5H3,(H2,18,19,21). The number of nitrogens with zero attached hydrogens (tertiary/aromatic N) is 2. The summed E-state index contributed by atoms with van der Waals surface area (Å²) in [6.07, 6.45) is 0. The molecular weight excluding hydrogens is 308 g/mol. The lowest BCUT2D eigenvalue weighted by atomic mass is 10.2. The first kappa shape index (κ1) is 17.7. The van der Waals surface area contributed by atoms with E-state index in [0.717, 1.165) is 17.1 Å². The predicted molar refractivity (Wildman–Crippen MR) is 94.0 cm³/mol. The van der Waals surface area contributed by atoms with Crippen molar-refractivity contribution >= 4 is 11.6 Å². The summed E-state index contributed by atoms with van der Waals surface area (Å²) in [6, 6.07) is 5.61. The number of nitrogens with one attached hydrogen (secondary N) is 2. The Morgan fingerprint density at radius 1 is 1.29 bits per heavy atom. The summed E-state index contributed by atoms with van der Waals surface area (Å²) >= 11 is 0. The largest absolute Gasteiger partial charge is 0.493 e. The van der Waals surface area contributed by atoms with Crippen LogP contribution in [0.4, 0.5) is 5.69 Å². The summed E-state index contributed by atoms with van der Waals surface area (Å²) in [7, 11) is 3.32. The van der Waals surface area contributed by atoms with E-state index in [1.807, 2.05) is 39.0 Å². The van der Waals surface area contributed by atoms with Crippen LogP contribution in [-0.2, 0) is 6.54 Å². The van der Waals surface area contributed by atoms with Gasteiger partial charge in [-0.3, -0.25) is 4.99 Å². The molecule has 0 aliphatic rings. The zero-order chi connectivity index (χ0) is 17.5. The number of ether oxygens (including phenoxy) is 2. The quantitative estimate of drug-likeness (QED) is 0.625. The molecule has 0 radical (unpaired) electrons. The first-order chi connectivity index (χ1) is 11.6. The van der Waals surface area contributed by atoms with Gasteiger partial charge in [0.05, 0.1) is 26.0 Å². The molecule has 0 spiro atoms. The van der Waals surface area contributed by atoms with Crippen LogP contribution in [-0.4, -0.2) is 31.7 Å². The van der Waals surface area contributed by atoms with Gasteiger partial charge in [-0.05, 0) is 32.9 Å². The lowest BCUT2D eigenvalue weighted by Crippen LogP contribution is -2.30. The smallest absolute Gasteiger partial charge is 0.214 e. The molecule has 0 unspecified atom stereocenters. The molecule has 1 heterocycles. The summed E-state index contributed by atoms with van der Waals surface area (Å²) in [6.45, 7) is 6.76. The number of oxazole rings is 1. The van der Waals surface area contributed by atoms with Crippen molar-refractivity contribution in [2.24, 2.45) is 4.99 Å². The molecule has 1 aromatic heterocycles. The van der Waals surface area contributed by atoms with Gasteiger partial charge in [0.2, 0.25) is 5.89 Å². The van der Waals surface area contributed by atoms with Gasteiger partial charge in [-0.15, -0.1) is 0 Å². The Morgan fingerprint density at radius 2 is 2.08 bits per heavy atom. The minimum atomic E-state index is 0.447. The Labute approximate surface area is 142 Å². The van der Waals surface area contributed by atoms with Crippen LogP contribution in [0.5, 0.6) is 11.5 Å². The fraction of sp³-hybridized carbons (Fsp3) is 0.412. The first-order valence-electron chi connectivity index (χ1n) is 7.78. The van der Waals surface area contributed by atoms with Gasteiger partial charge < -0.3 is 24.5 Å². The Bertz CT molecular complexity index is 690. The number of aliphatic imine (C=N–C) groups is 1. The van der Waals surface area contributed by atoms with Crippen molar-refractivity contribution < 1.29 is 13.9 Å². The molecule has 0 atom stereocenters. The Balaban J connectivity index is 2.03. The Kier molecular flexibility index (Phi) is 6.06. The van der Waals surface area contributed by atoms with E-state index in [-0.39, 0.29) is 0 Å². The monoisotopic (exact) mass is 332 g/mol. The van der Waals surface area contributed by atoms with Gasteiger partial charge in [0.25, 0.3) is 0 Å². The van der Waals surface area contributed by atoms with E-state index in [4.69, 9.17) is 13.9 Å². The molecule has 1 aromatic carbocycles. The molecule has 2 N–H and O–H groups in total. The molecule has 2 rings (SSSR count). The topological polar surface area (TPSA) is 80.9 Å². The van der Waals surface area contributed by atoms with Gasteiger partial charge in [-0.25, -0.2) is 4.98 Å². The highest BCUT2D eigenvalue weighted by Crippen LogP contribution is 2.30. The van der Waals surface area contributed by atoms with E-state index >= 15 is 0 Å². The fourth-order valence-electron chi connectivity index (χ4n) is 2.11. The molecule has 2 aromatic rings. The van der Waals surface area contributed by atoms with Crippen molar-refractivity contribution in [1.82, 2.24) is 10.3 Å². The van der Waals surface area contributed by atoms with E-state index in [2.05, 4.69) is 20.6 Å². The maximum atomic E-state index is 5.58. The number of guanidine groups is 1. The fourth-order valence-corrected chi connectivity index (χ4v) is 2.11. The Morgan fingerprint density at radius 3 is 2.67 bits per heavy atom. The number of hydrogen-bond donors (Lipinski definition) is 2. The lowest BCUT2D eigenvalue weighted by Gasteiger charge is -2.14. The summed E-state index contributed by atoms with van der Waals surface area (Å²) < 4.78 is 16.4. The van der Waals surface area contributed by atoms with Crippen LogP contribution in [0.1, 0.15) is 24.3 Å². The molecular formula is C17H24N4O3. The molecule has 130 valence electrons. The highest BCUT2D eigenvalue weighted by Gasteiger charge is 2.09. The van der Waals surface area contributed by atoms with Crippen molar-refractivity contribution in [3.8, 4) is 11.5 Å². The average molecular weight is 332 g/mol. The SMILES string of the molecule is CCOc1cc(NC(=NC)NCc2nc(C)c(C)o2)ccc1OC. The highest BCUT2D eigenvalue weighted by molar-refractivity contribution is 5.93. The molecule has 0 amide bonds. The van der Waals surface area contributed by atoms with Crippen LogP contribution in [0, 0.1) is 13.8 Å². The van der Waals surface area contributed by atoms with Gasteiger partial charge >= 0.3 is 0 Å². The van der Waals surface area contributed by atoms with Gasteiger partial charge in [-0.1, -0.05) is 0 Å². The van der Waals surface area contributed by atoms with Crippen molar-refractivity contribution in [3.63, 3.8) is 0 Å². The van der Waals surface area contributed by atoms with Gasteiger partial charge in [0.15, 0.2) is 17.5 Å². The summed E-state index contributed by atoms with van der Waals surface area (Å²) in [5.41, 5.74) is 1.73. The Hall–Kier alpha value is -2.70. The highest BCUT2D eigenvalue weighted by atomic mass is 16.5. The maximum Gasteiger partial charge on any atom is 0.214 e. The number of hydrogen-bond acceptors (Lipinski definition) is 5. The summed E-state index contributed by atoms with van der Waals surface area (Å²) in [5, 5.41) is 6.37. The number of benzene rings is 1. The molecule has 24 heavy (non-hydrogen) atoms. The minimum Gasteiger partial charge on any atom is -0.493 e. The number of aromatic nitrogens is 1. The molecule has 0 saturated heterocycles. The van der Waals surface area contributed by atoms with E-state index in [9.17, 15) is 0 Å². The maximum absolute atomic E-state index is 5.58. The molecule has 0 bridgehead atoms. The summed E-state index contributed by atoms with van der Waals surface area (Å²) in [5.74, 6) is 3.43. The number of aryl methyl sites for hydroxylation is 2. The second-order valence-corrected chi connectivity index (χ2v) is 5.10. The third-order valence-electron chi connectivity index (χ3n) is 3.43. The van der Waals surface area contributed by atoms with Crippen LogP contribution in [0.25, 0.3) is 0 Å². The van der Waals surface area contributed by atoms with Crippen molar-refractivity contribution in [3.05, 3.63) is 35.5 Å².